The van der Waals surface area contributed by atoms with Crippen LogP contribution < -0.4 is 15.4 Å². The summed E-state index contributed by atoms with van der Waals surface area (Å²) in [6.07, 6.45) is -3.46. The van der Waals surface area contributed by atoms with Crippen LogP contribution >= 0.6 is 0 Å². The van der Waals surface area contributed by atoms with E-state index >= 15 is 0 Å². The number of alkyl halides is 3. The Balaban J connectivity index is 1.83. The molecule has 1 aliphatic carbocycles. The van der Waals surface area contributed by atoms with Crippen molar-refractivity contribution in [2.24, 2.45) is 0 Å². The van der Waals surface area contributed by atoms with E-state index in [-0.39, 0.29) is 0 Å². The monoisotopic (exact) mass is 413 g/mol. The van der Waals surface area contributed by atoms with Crippen molar-refractivity contribution < 1.29 is 32.3 Å². The average molecular weight is 413 g/mol. The number of carbonyl (C=O) groups is 3. The minimum Gasteiger partial charge on any atom is -0.495 e. The van der Waals surface area contributed by atoms with Gasteiger partial charge in [-0.3, -0.25) is 14.4 Å². The summed E-state index contributed by atoms with van der Waals surface area (Å²) in [7, 11) is 1.41. The van der Waals surface area contributed by atoms with E-state index in [2.05, 4.69) is 10.6 Å². The minimum absolute atomic E-state index is 0.320. The van der Waals surface area contributed by atoms with Gasteiger partial charge in [0.1, 0.15) is 11.8 Å². The van der Waals surface area contributed by atoms with Crippen LogP contribution in [0.3, 0.4) is 0 Å². The third-order valence-corrected chi connectivity index (χ3v) is 5.29. The largest absolute Gasteiger partial charge is 0.495 e. The van der Waals surface area contributed by atoms with Crippen molar-refractivity contribution >= 4 is 23.4 Å². The minimum atomic E-state index is -5.13. The van der Waals surface area contributed by atoms with Crippen molar-refractivity contribution in [1.82, 2.24) is 10.2 Å². The Hall–Kier alpha value is -2.78. The molecule has 0 radical (unpaired) electrons. The SMILES string of the molecule is COc1ccccc1NC(=O)C[C@@H]1C(=O)N[C@@H]2CCCC[C@@H]2N1C(=O)C(F)(F)F. The average Bonchev–Trinajstić information content (AvgIpc) is 2.67. The van der Waals surface area contributed by atoms with Gasteiger partial charge in [-0.2, -0.15) is 13.2 Å². The first kappa shape index (κ1) is 20.9. The zero-order chi connectivity index (χ0) is 21.2. The van der Waals surface area contributed by atoms with E-state index < -0.39 is 48.4 Å². The number of hydrogen-bond acceptors (Lipinski definition) is 4. The second-order valence-corrected chi connectivity index (χ2v) is 7.15. The lowest BCUT2D eigenvalue weighted by Gasteiger charge is -2.48. The molecule has 29 heavy (non-hydrogen) atoms. The van der Waals surface area contributed by atoms with E-state index in [0.29, 0.717) is 35.6 Å². The summed E-state index contributed by atoms with van der Waals surface area (Å²) in [5.74, 6) is -3.16. The molecule has 3 atom stereocenters. The summed E-state index contributed by atoms with van der Waals surface area (Å²) < 4.78 is 44.8. The molecule has 3 rings (SSSR count). The van der Waals surface area contributed by atoms with Crippen molar-refractivity contribution in [2.45, 2.75) is 56.4 Å². The number of nitrogens with zero attached hydrogens (tertiary/aromatic N) is 1. The number of methoxy groups -OCH3 is 1. The second kappa shape index (κ2) is 8.30. The Kier molecular flexibility index (Phi) is 5.99. The van der Waals surface area contributed by atoms with Crippen molar-refractivity contribution in [3.8, 4) is 5.75 Å². The summed E-state index contributed by atoms with van der Waals surface area (Å²) in [5, 5.41) is 5.23. The molecule has 1 heterocycles. The van der Waals surface area contributed by atoms with Gasteiger partial charge in [-0.1, -0.05) is 25.0 Å². The van der Waals surface area contributed by atoms with Crippen molar-refractivity contribution in [3.63, 3.8) is 0 Å². The highest BCUT2D eigenvalue weighted by atomic mass is 19.4. The first-order valence-electron chi connectivity index (χ1n) is 9.35. The number of amides is 3. The van der Waals surface area contributed by atoms with Gasteiger partial charge in [0.05, 0.1) is 25.3 Å². The van der Waals surface area contributed by atoms with E-state index in [1.807, 2.05) is 0 Å². The number of ether oxygens (including phenoxy) is 1. The van der Waals surface area contributed by atoms with Crippen molar-refractivity contribution in [2.75, 3.05) is 12.4 Å². The quantitative estimate of drug-likeness (QED) is 0.793. The fraction of sp³-hybridized carbons (Fsp3) is 0.526. The molecule has 10 heteroatoms. The normalized spacial score (nSPS) is 24.3. The number of hydrogen-bond donors (Lipinski definition) is 2. The summed E-state index contributed by atoms with van der Waals surface area (Å²) >= 11 is 0. The predicted octanol–water partition coefficient (Wildman–Crippen LogP) is 2.22. The molecule has 1 saturated carbocycles. The molecule has 0 bridgehead atoms. The van der Waals surface area contributed by atoms with Gasteiger partial charge in [-0.15, -0.1) is 0 Å². The molecule has 158 valence electrons. The molecule has 3 amide bonds. The third kappa shape index (κ3) is 4.46. The maximum Gasteiger partial charge on any atom is 0.471 e. The molecular formula is C19H22F3N3O4. The van der Waals surface area contributed by atoms with Crippen LogP contribution in [0.2, 0.25) is 0 Å². The van der Waals surface area contributed by atoms with Crippen LogP contribution in [-0.2, 0) is 14.4 Å². The van der Waals surface area contributed by atoms with Crippen LogP contribution in [0.5, 0.6) is 5.75 Å². The first-order valence-corrected chi connectivity index (χ1v) is 9.35. The molecule has 1 aromatic carbocycles. The van der Waals surface area contributed by atoms with E-state index in [4.69, 9.17) is 4.74 Å². The molecule has 1 aliphatic heterocycles. The molecule has 2 fully saturated rings. The van der Waals surface area contributed by atoms with E-state index in [0.717, 1.165) is 6.42 Å². The number of para-hydroxylation sites is 2. The van der Waals surface area contributed by atoms with Gasteiger partial charge in [0.25, 0.3) is 0 Å². The van der Waals surface area contributed by atoms with Gasteiger partial charge in [-0.25, -0.2) is 0 Å². The van der Waals surface area contributed by atoms with E-state index in [1.165, 1.54) is 7.11 Å². The van der Waals surface area contributed by atoms with Gasteiger partial charge in [0, 0.05) is 6.04 Å². The van der Waals surface area contributed by atoms with E-state index in [9.17, 15) is 27.6 Å². The van der Waals surface area contributed by atoms with Gasteiger partial charge >= 0.3 is 12.1 Å². The second-order valence-electron chi connectivity index (χ2n) is 7.15. The highest BCUT2D eigenvalue weighted by Gasteiger charge is 2.53. The smallest absolute Gasteiger partial charge is 0.471 e. The Morgan fingerprint density at radius 1 is 1.24 bits per heavy atom. The molecule has 1 saturated heterocycles. The zero-order valence-corrected chi connectivity index (χ0v) is 15.8. The molecule has 0 aromatic heterocycles. The number of benzene rings is 1. The molecule has 1 aromatic rings. The van der Waals surface area contributed by atoms with Crippen LogP contribution in [0.4, 0.5) is 18.9 Å². The van der Waals surface area contributed by atoms with Crippen LogP contribution in [0.1, 0.15) is 32.1 Å². The third-order valence-electron chi connectivity index (χ3n) is 5.29. The van der Waals surface area contributed by atoms with Crippen molar-refractivity contribution in [3.05, 3.63) is 24.3 Å². The van der Waals surface area contributed by atoms with E-state index in [1.54, 1.807) is 24.3 Å². The molecule has 0 unspecified atom stereocenters. The van der Waals surface area contributed by atoms with Gasteiger partial charge in [-0.05, 0) is 25.0 Å². The molecule has 0 spiro atoms. The van der Waals surface area contributed by atoms with Crippen LogP contribution in [0.25, 0.3) is 0 Å². The molecule has 7 nitrogen and oxygen atoms in total. The molecule has 2 N–H and O–H groups in total. The number of piperazine rings is 1. The Morgan fingerprint density at radius 3 is 2.62 bits per heavy atom. The summed E-state index contributed by atoms with van der Waals surface area (Å²) in [4.78, 5) is 37.7. The van der Waals surface area contributed by atoms with Crippen LogP contribution in [0.15, 0.2) is 24.3 Å². The van der Waals surface area contributed by atoms with Crippen LogP contribution in [0, 0.1) is 0 Å². The number of anilines is 1. The fourth-order valence-electron chi connectivity index (χ4n) is 4.00. The summed E-state index contributed by atoms with van der Waals surface area (Å²) in [6.45, 7) is 0. The Labute approximate surface area is 165 Å². The van der Waals surface area contributed by atoms with Gasteiger partial charge in [0.2, 0.25) is 11.8 Å². The highest BCUT2D eigenvalue weighted by Crippen LogP contribution is 2.33. The lowest BCUT2D eigenvalue weighted by atomic mass is 9.85. The lowest BCUT2D eigenvalue weighted by Crippen LogP contribution is -2.69. The number of halogens is 3. The zero-order valence-electron chi connectivity index (χ0n) is 15.8. The maximum absolute atomic E-state index is 13.2. The first-order chi connectivity index (χ1) is 13.7. The number of fused-ring (bicyclic) bond motifs is 1. The summed E-state index contributed by atoms with van der Waals surface area (Å²) in [5.41, 5.74) is 0.320. The topological polar surface area (TPSA) is 87.7 Å². The Morgan fingerprint density at radius 2 is 1.93 bits per heavy atom. The predicted molar refractivity (Wildman–Crippen MR) is 97.1 cm³/mol. The number of rotatable bonds is 4. The van der Waals surface area contributed by atoms with Gasteiger partial charge < -0.3 is 20.3 Å². The van der Waals surface area contributed by atoms with Crippen LogP contribution in [-0.4, -0.2) is 54.0 Å². The molecular weight excluding hydrogens is 391 g/mol. The maximum atomic E-state index is 13.2. The Bertz CT molecular complexity index is 799. The van der Waals surface area contributed by atoms with Gasteiger partial charge in [0.15, 0.2) is 0 Å². The highest BCUT2D eigenvalue weighted by molar-refractivity contribution is 5.99. The lowest BCUT2D eigenvalue weighted by molar-refractivity contribution is -0.195. The fourth-order valence-corrected chi connectivity index (χ4v) is 4.00. The standard InChI is InChI=1S/C19H22F3N3O4/c1-29-15-9-5-3-7-12(15)23-16(26)10-14-17(27)24-11-6-2-4-8-13(11)25(14)18(28)19(20,21)22/h3,5,7,9,11,13-14H,2,4,6,8,10H2,1H3,(H,23,26)(H,24,27)/t11-,13+,14-/m1/s1. The van der Waals surface area contributed by atoms with Crippen molar-refractivity contribution in [1.29, 1.82) is 0 Å². The number of carbonyl (C=O) groups excluding carboxylic acids is 3. The number of nitrogens with one attached hydrogen (secondary N) is 2. The summed E-state index contributed by atoms with van der Waals surface area (Å²) in [6, 6.07) is 3.67. The molecule has 2 aliphatic rings.